The molecule has 0 saturated carbocycles. The van der Waals surface area contributed by atoms with Gasteiger partial charge in [0.25, 0.3) is 0 Å². The van der Waals surface area contributed by atoms with Crippen LogP contribution in [0.25, 0.3) is 28.3 Å². The van der Waals surface area contributed by atoms with Gasteiger partial charge < -0.3 is 20.6 Å². The van der Waals surface area contributed by atoms with Gasteiger partial charge in [0.05, 0.1) is 29.6 Å². The molecule has 4 N–H and O–H groups in total. The normalized spacial score (nSPS) is 15.4. The minimum Gasteiger partial charge on any atom is -0.404 e. The van der Waals surface area contributed by atoms with Gasteiger partial charge in [-0.25, -0.2) is 9.07 Å². The van der Waals surface area contributed by atoms with E-state index in [0.717, 1.165) is 23.7 Å². The van der Waals surface area contributed by atoms with Crippen LogP contribution >= 0.6 is 0 Å². The maximum Gasteiger partial charge on any atom is 0.433 e. The predicted molar refractivity (Wildman–Crippen MR) is 156 cm³/mol. The van der Waals surface area contributed by atoms with Crippen molar-refractivity contribution in [2.45, 2.75) is 31.7 Å². The monoisotopic (exact) mass is 621 g/mol. The molecule has 1 aliphatic heterocycles. The van der Waals surface area contributed by atoms with E-state index in [1.807, 2.05) is 24.3 Å². The van der Waals surface area contributed by atoms with Gasteiger partial charge in [-0.1, -0.05) is 41.5 Å². The van der Waals surface area contributed by atoms with Gasteiger partial charge in [0.1, 0.15) is 11.5 Å². The lowest BCUT2D eigenvalue weighted by atomic mass is 9.99. The number of hydrogen-bond donors (Lipinski definition) is 3. The Morgan fingerprint density at radius 2 is 1.87 bits per heavy atom. The van der Waals surface area contributed by atoms with Crippen LogP contribution in [-0.4, -0.2) is 55.1 Å². The molecule has 1 atom stereocenters. The fourth-order valence-electron chi connectivity index (χ4n) is 5.32. The number of alkyl halides is 3. The van der Waals surface area contributed by atoms with Crippen LogP contribution in [0.4, 0.5) is 29.3 Å². The molecule has 10 nitrogen and oxygen atoms in total. The smallest absolute Gasteiger partial charge is 0.404 e. The first-order valence-electron chi connectivity index (χ1n) is 14.0. The highest BCUT2D eigenvalue weighted by Gasteiger charge is 2.36. The molecule has 232 valence electrons. The number of rotatable bonds is 8. The third-order valence-corrected chi connectivity index (χ3v) is 7.38. The van der Waals surface area contributed by atoms with Gasteiger partial charge in [-0.2, -0.15) is 18.3 Å². The first-order valence-corrected chi connectivity index (χ1v) is 14.0. The van der Waals surface area contributed by atoms with Gasteiger partial charge in [-0.05, 0) is 59.5 Å². The Hall–Kier alpha value is -5.08. The number of carbonyl (C=O) groups is 1. The molecule has 1 saturated heterocycles. The fraction of sp³-hybridized carbons (Fsp3) is 0.226. The van der Waals surface area contributed by atoms with E-state index < -0.39 is 30.0 Å². The van der Waals surface area contributed by atoms with E-state index >= 15 is 4.39 Å². The molecule has 0 radical (unpaired) electrons. The summed E-state index contributed by atoms with van der Waals surface area (Å²) in [5, 5.41) is 23.6. The molecule has 45 heavy (non-hydrogen) atoms. The first-order chi connectivity index (χ1) is 21.5. The molecule has 5 aromatic rings. The maximum atomic E-state index is 15.2. The van der Waals surface area contributed by atoms with E-state index in [1.54, 1.807) is 12.1 Å². The zero-order chi connectivity index (χ0) is 31.7. The molecule has 0 unspecified atom stereocenters. The van der Waals surface area contributed by atoms with Crippen molar-refractivity contribution >= 4 is 17.6 Å². The summed E-state index contributed by atoms with van der Waals surface area (Å²) in [4.78, 5) is 15.0. The summed E-state index contributed by atoms with van der Waals surface area (Å²) in [6, 6.07) is 18.3. The standard InChI is InChI=1S/C31H27F4N7O3/c32-25-13-18(24-7-2-1-4-20(24)16-41-11-10-23(43)17-41)8-9-26(25)37-28(44)15-21-14-27(31(33,34)35)42(40-21)22-6-3-5-19(12-22)29-38-39-30(36)45-29/h1-9,12-14,23,43H,10-11,15-17H2,(H2,36,39)(H,37,44)/t23-/m0/s1. The second kappa shape index (κ2) is 12.1. The third kappa shape index (κ3) is 6.71. The van der Waals surface area contributed by atoms with Crippen molar-refractivity contribution in [3.05, 3.63) is 95.6 Å². The van der Waals surface area contributed by atoms with Crippen molar-refractivity contribution in [2.75, 3.05) is 24.1 Å². The Balaban J connectivity index is 1.19. The number of nitrogens with one attached hydrogen (secondary N) is 1. The van der Waals surface area contributed by atoms with Crippen LogP contribution < -0.4 is 11.1 Å². The SMILES string of the molecule is Nc1nnc(-c2cccc(-n3nc(CC(=O)Nc4ccc(-c5ccccc5CN5CC[C@H](O)C5)cc4F)cc3C(F)(F)F)c2)o1. The van der Waals surface area contributed by atoms with Crippen LogP contribution in [0.2, 0.25) is 0 Å². The van der Waals surface area contributed by atoms with E-state index in [-0.39, 0.29) is 35.1 Å². The molecule has 2 aromatic heterocycles. The molecule has 14 heteroatoms. The number of nitrogen functional groups attached to an aromatic ring is 1. The zero-order valence-electron chi connectivity index (χ0n) is 23.6. The van der Waals surface area contributed by atoms with E-state index in [1.165, 1.54) is 30.3 Å². The van der Waals surface area contributed by atoms with Crippen LogP contribution in [0.15, 0.2) is 77.2 Å². The second-order valence-corrected chi connectivity index (χ2v) is 10.7. The quantitative estimate of drug-likeness (QED) is 0.204. The highest BCUT2D eigenvalue weighted by molar-refractivity contribution is 5.92. The number of nitrogens with zero attached hydrogens (tertiary/aromatic N) is 5. The molecule has 0 bridgehead atoms. The average molecular weight is 622 g/mol. The van der Waals surface area contributed by atoms with Crippen LogP contribution in [0.5, 0.6) is 0 Å². The summed E-state index contributed by atoms with van der Waals surface area (Å²) >= 11 is 0. The van der Waals surface area contributed by atoms with Gasteiger partial charge >= 0.3 is 12.2 Å². The van der Waals surface area contributed by atoms with E-state index in [4.69, 9.17) is 10.2 Å². The molecular weight excluding hydrogens is 594 g/mol. The number of aromatic nitrogens is 4. The lowest BCUT2D eigenvalue weighted by Crippen LogP contribution is -2.21. The topological polar surface area (TPSA) is 135 Å². The summed E-state index contributed by atoms with van der Waals surface area (Å²) < 4.78 is 62.9. The molecule has 0 aliphatic carbocycles. The molecule has 1 fully saturated rings. The Bertz CT molecular complexity index is 1850. The number of hydrogen-bond acceptors (Lipinski definition) is 8. The number of likely N-dealkylation sites (tertiary alicyclic amines) is 1. The van der Waals surface area contributed by atoms with Crippen molar-refractivity contribution in [3.8, 4) is 28.3 Å². The molecule has 3 aromatic carbocycles. The molecule has 6 rings (SSSR count). The van der Waals surface area contributed by atoms with E-state index in [9.17, 15) is 23.1 Å². The van der Waals surface area contributed by atoms with Crippen LogP contribution in [0.3, 0.4) is 0 Å². The minimum atomic E-state index is -4.79. The highest BCUT2D eigenvalue weighted by atomic mass is 19.4. The first kappa shape index (κ1) is 30.0. The Labute approximate surface area is 254 Å². The molecule has 1 amide bonds. The highest BCUT2D eigenvalue weighted by Crippen LogP contribution is 2.33. The Morgan fingerprint density at radius 1 is 1.04 bits per heavy atom. The van der Waals surface area contributed by atoms with Gasteiger partial charge in [-0.15, -0.1) is 5.10 Å². The van der Waals surface area contributed by atoms with Crippen LogP contribution in [0, 0.1) is 5.82 Å². The van der Waals surface area contributed by atoms with Gasteiger partial charge in [0.2, 0.25) is 11.8 Å². The number of nitrogens with two attached hydrogens (primary N) is 1. The maximum absolute atomic E-state index is 15.2. The largest absolute Gasteiger partial charge is 0.433 e. The number of aliphatic hydroxyl groups is 1. The van der Waals surface area contributed by atoms with Crippen molar-refractivity contribution in [2.24, 2.45) is 0 Å². The number of β-amino-alcohol motifs (C(OH)–C–C–N with tert-alkyl or cyclic N) is 1. The van der Waals surface area contributed by atoms with Crippen molar-refractivity contribution in [1.29, 1.82) is 0 Å². The van der Waals surface area contributed by atoms with Gasteiger partial charge in [0, 0.05) is 25.2 Å². The van der Waals surface area contributed by atoms with E-state index in [0.29, 0.717) is 35.3 Å². The number of carbonyl (C=O) groups excluding carboxylic acids is 1. The summed E-state index contributed by atoms with van der Waals surface area (Å²) in [7, 11) is 0. The molecular formula is C31H27F4N7O3. The minimum absolute atomic E-state index is 0.0117. The number of benzene rings is 3. The molecule has 0 spiro atoms. The second-order valence-electron chi connectivity index (χ2n) is 10.7. The van der Waals surface area contributed by atoms with Crippen molar-refractivity contribution in [3.63, 3.8) is 0 Å². The van der Waals surface area contributed by atoms with Crippen LogP contribution in [-0.2, 0) is 23.9 Å². The lowest BCUT2D eigenvalue weighted by Gasteiger charge is -2.18. The molecule has 1 aliphatic rings. The Morgan fingerprint density at radius 3 is 2.58 bits per heavy atom. The number of halogens is 4. The zero-order valence-corrected chi connectivity index (χ0v) is 23.6. The summed E-state index contributed by atoms with van der Waals surface area (Å²) in [5.74, 6) is -1.44. The van der Waals surface area contributed by atoms with Crippen molar-refractivity contribution in [1.82, 2.24) is 24.9 Å². The third-order valence-electron chi connectivity index (χ3n) is 7.38. The van der Waals surface area contributed by atoms with Gasteiger partial charge in [0.15, 0.2) is 0 Å². The lowest BCUT2D eigenvalue weighted by molar-refractivity contribution is -0.142. The summed E-state index contributed by atoms with van der Waals surface area (Å²) in [5.41, 5.74) is 6.78. The summed E-state index contributed by atoms with van der Waals surface area (Å²) in [6.45, 7) is 1.92. The average Bonchev–Trinajstić information content (AvgIpc) is 3.74. The fourth-order valence-corrected chi connectivity index (χ4v) is 5.32. The molecule has 3 heterocycles. The van der Waals surface area contributed by atoms with E-state index in [2.05, 4.69) is 25.5 Å². The van der Waals surface area contributed by atoms with Crippen LogP contribution in [0.1, 0.15) is 23.4 Å². The van der Waals surface area contributed by atoms with Crippen molar-refractivity contribution < 1.29 is 31.9 Å². The predicted octanol–water partition coefficient (Wildman–Crippen LogP) is 5.08. The number of aliphatic hydroxyl groups excluding tert-OH is 1. The van der Waals surface area contributed by atoms with Gasteiger partial charge in [-0.3, -0.25) is 9.69 Å². The summed E-state index contributed by atoms with van der Waals surface area (Å²) in [6.07, 6.45) is -4.99. The number of amides is 1. The number of anilines is 2. The Kier molecular flexibility index (Phi) is 8.08.